The minimum Gasteiger partial charge on any atom is -0.475 e. The Balaban J connectivity index is 1.89. The smallest absolute Gasteiger partial charge is 0.371 e. The van der Waals surface area contributed by atoms with Crippen LogP contribution in [0.25, 0.3) is 0 Å². The van der Waals surface area contributed by atoms with Gasteiger partial charge in [-0.05, 0) is 30.9 Å². The highest BCUT2D eigenvalue weighted by Crippen LogP contribution is 2.23. The van der Waals surface area contributed by atoms with Crippen LogP contribution in [-0.4, -0.2) is 34.6 Å². The van der Waals surface area contributed by atoms with Gasteiger partial charge in [0.1, 0.15) is 5.76 Å². The van der Waals surface area contributed by atoms with Gasteiger partial charge >= 0.3 is 12.0 Å². The lowest BCUT2D eigenvalue weighted by atomic mass is 10.0. The first-order valence-corrected chi connectivity index (χ1v) is 6.85. The maximum Gasteiger partial charge on any atom is 0.371 e. The van der Waals surface area contributed by atoms with Gasteiger partial charge in [-0.25, -0.2) is 9.59 Å². The van der Waals surface area contributed by atoms with Gasteiger partial charge in [-0.1, -0.05) is 13.8 Å². The van der Waals surface area contributed by atoms with Crippen LogP contribution in [-0.2, 0) is 6.54 Å². The predicted molar refractivity (Wildman–Crippen MR) is 72.5 cm³/mol. The van der Waals surface area contributed by atoms with Gasteiger partial charge in [-0.15, -0.1) is 0 Å². The summed E-state index contributed by atoms with van der Waals surface area (Å²) < 4.78 is 5.10. The van der Waals surface area contributed by atoms with Crippen molar-refractivity contribution in [1.82, 2.24) is 10.2 Å². The van der Waals surface area contributed by atoms with Crippen molar-refractivity contribution >= 4 is 12.0 Å². The summed E-state index contributed by atoms with van der Waals surface area (Å²) in [5.74, 6) is -0.348. The molecule has 1 fully saturated rings. The zero-order valence-electron chi connectivity index (χ0n) is 11.8. The van der Waals surface area contributed by atoms with Gasteiger partial charge in [0.2, 0.25) is 5.76 Å². The fourth-order valence-corrected chi connectivity index (χ4v) is 2.59. The maximum absolute atomic E-state index is 12.1. The number of urea groups is 1. The molecule has 2 amide bonds. The third-order valence-electron chi connectivity index (χ3n) is 3.62. The number of carbonyl (C=O) groups is 2. The van der Waals surface area contributed by atoms with Crippen LogP contribution in [0.5, 0.6) is 0 Å². The van der Waals surface area contributed by atoms with Crippen molar-refractivity contribution in [2.75, 3.05) is 6.54 Å². The molecule has 2 heterocycles. The summed E-state index contributed by atoms with van der Waals surface area (Å²) in [4.78, 5) is 24.7. The van der Waals surface area contributed by atoms with Crippen LogP contribution in [0.1, 0.15) is 43.0 Å². The third kappa shape index (κ3) is 3.12. The number of furan rings is 1. The summed E-state index contributed by atoms with van der Waals surface area (Å²) in [6.07, 6.45) is 2.06. The number of nitrogens with one attached hydrogen (secondary N) is 1. The number of nitrogens with zero attached hydrogens (tertiary/aromatic N) is 1. The minimum absolute atomic E-state index is 0.115. The summed E-state index contributed by atoms with van der Waals surface area (Å²) in [6.45, 7) is 5.20. The fraction of sp³-hybridized carbons (Fsp3) is 0.571. The average Bonchev–Trinajstić information content (AvgIpc) is 3.04. The Bertz CT molecular complexity index is 495. The molecule has 1 aliphatic heterocycles. The predicted octanol–water partition coefficient (Wildman–Crippen LogP) is 2.31. The Morgan fingerprint density at radius 3 is 2.85 bits per heavy atom. The van der Waals surface area contributed by atoms with E-state index in [1.54, 1.807) is 6.07 Å². The number of carbonyl (C=O) groups excluding carboxylic acids is 1. The molecule has 2 N–H and O–H groups in total. The molecular weight excluding hydrogens is 260 g/mol. The van der Waals surface area contributed by atoms with Gasteiger partial charge < -0.3 is 19.7 Å². The van der Waals surface area contributed by atoms with Crippen molar-refractivity contribution < 1.29 is 19.1 Å². The second kappa shape index (κ2) is 5.98. The maximum atomic E-state index is 12.1. The second-order valence-electron chi connectivity index (χ2n) is 5.38. The van der Waals surface area contributed by atoms with Crippen LogP contribution in [0.2, 0.25) is 0 Å². The first kappa shape index (κ1) is 14.4. The van der Waals surface area contributed by atoms with Gasteiger partial charge in [-0.2, -0.15) is 0 Å². The monoisotopic (exact) mass is 280 g/mol. The quantitative estimate of drug-likeness (QED) is 0.886. The molecule has 2 rings (SSSR count). The molecule has 20 heavy (non-hydrogen) atoms. The second-order valence-corrected chi connectivity index (χ2v) is 5.38. The molecule has 0 spiro atoms. The number of amides is 2. The lowest BCUT2D eigenvalue weighted by Gasteiger charge is -2.27. The molecule has 0 aliphatic carbocycles. The number of aromatic carboxylic acids is 1. The SMILES string of the molecule is CC(C)C1CCCN1C(=O)NCc1ccc(C(=O)O)o1. The molecular formula is C14H20N2O4. The zero-order chi connectivity index (χ0) is 14.7. The number of likely N-dealkylation sites (tertiary alicyclic amines) is 1. The number of rotatable bonds is 4. The highest BCUT2D eigenvalue weighted by atomic mass is 16.4. The summed E-state index contributed by atoms with van der Waals surface area (Å²) in [6, 6.07) is 3.11. The zero-order valence-corrected chi connectivity index (χ0v) is 11.8. The van der Waals surface area contributed by atoms with Gasteiger partial charge in [0.15, 0.2) is 0 Å². The highest BCUT2D eigenvalue weighted by Gasteiger charge is 2.30. The summed E-state index contributed by atoms with van der Waals surface area (Å²) in [5.41, 5.74) is 0. The molecule has 0 aromatic carbocycles. The standard InChI is InChI=1S/C14H20N2O4/c1-9(2)11-4-3-7-16(11)14(19)15-8-10-5-6-12(20-10)13(17)18/h5-6,9,11H,3-4,7-8H2,1-2H3,(H,15,19)(H,17,18). The number of carboxylic acids is 1. The molecule has 1 aromatic rings. The lowest BCUT2D eigenvalue weighted by molar-refractivity contribution is 0.0660. The Labute approximate surface area is 117 Å². The molecule has 1 unspecified atom stereocenters. The van der Waals surface area contributed by atoms with Crippen LogP contribution < -0.4 is 5.32 Å². The number of hydrogen-bond donors (Lipinski definition) is 2. The third-order valence-corrected chi connectivity index (χ3v) is 3.62. The van der Waals surface area contributed by atoms with Crippen LogP contribution >= 0.6 is 0 Å². The first-order chi connectivity index (χ1) is 9.49. The fourth-order valence-electron chi connectivity index (χ4n) is 2.59. The van der Waals surface area contributed by atoms with E-state index in [2.05, 4.69) is 19.2 Å². The van der Waals surface area contributed by atoms with E-state index in [4.69, 9.17) is 9.52 Å². The van der Waals surface area contributed by atoms with E-state index in [-0.39, 0.29) is 24.4 Å². The van der Waals surface area contributed by atoms with Crippen molar-refractivity contribution in [3.05, 3.63) is 23.7 Å². The highest BCUT2D eigenvalue weighted by molar-refractivity contribution is 5.84. The van der Waals surface area contributed by atoms with Gasteiger partial charge in [-0.3, -0.25) is 0 Å². The van der Waals surface area contributed by atoms with E-state index in [1.165, 1.54) is 6.07 Å². The molecule has 1 aromatic heterocycles. The van der Waals surface area contributed by atoms with Gasteiger partial charge in [0, 0.05) is 12.6 Å². The van der Waals surface area contributed by atoms with Crippen LogP contribution in [0.4, 0.5) is 4.79 Å². The Hall–Kier alpha value is -1.98. The Morgan fingerprint density at radius 2 is 2.25 bits per heavy atom. The topological polar surface area (TPSA) is 82.8 Å². The average molecular weight is 280 g/mol. The summed E-state index contributed by atoms with van der Waals surface area (Å²) in [5, 5.41) is 11.5. The normalized spacial score (nSPS) is 18.6. The molecule has 6 heteroatoms. The van der Waals surface area contributed by atoms with Crippen molar-refractivity contribution in [3.63, 3.8) is 0 Å². The largest absolute Gasteiger partial charge is 0.475 e. The van der Waals surface area contributed by atoms with E-state index >= 15 is 0 Å². The van der Waals surface area contributed by atoms with Crippen molar-refractivity contribution in [2.45, 2.75) is 39.3 Å². The van der Waals surface area contributed by atoms with Gasteiger partial charge in [0.05, 0.1) is 6.54 Å². The number of hydrogen-bond acceptors (Lipinski definition) is 3. The molecule has 110 valence electrons. The molecule has 0 radical (unpaired) electrons. The van der Waals surface area contributed by atoms with E-state index in [0.29, 0.717) is 11.7 Å². The lowest BCUT2D eigenvalue weighted by Crippen LogP contribution is -2.44. The van der Waals surface area contributed by atoms with E-state index < -0.39 is 5.97 Å². The molecule has 0 bridgehead atoms. The Kier molecular flexibility index (Phi) is 4.32. The van der Waals surface area contributed by atoms with Crippen molar-refractivity contribution in [2.24, 2.45) is 5.92 Å². The van der Waals surface area contributed by atoms with E-state index in [1.807, 2.05) is 4.90 Å². The van der Waals surface area contributed by atoms with Crippen LogP contribution in [0, 0.1) is 5.92 Å². The minimum atomic E-state index is -1.11. The van der Waals surface area contributed by atoms with Crippen LogP contribution in [0.15, 0.2) is 16.5 Å². The van der Waals surface area contributed by atoms with E-state index in [9.17, 15) is 9.59 Å². The molecule has 1 saturated heterocycles. The van der Waals surface area contributed by atoms with Crippen LogP contribution in [0.3, 0.4) is 0 Å². The molecule has 1 aliphatic rings. The first-order valence-electron chi connectivity index (χ1n) is 6.85. The number of carboxylic acid groups (broad SMARTS) is 1. The summed E-state index contributed by atoms with van der Waals surface area (Å²) in [7, 11) is 0. The van der Waals surface area contributed by atoms with E-state index in [0.717, 1.165) is 19.4 Å². The molecule has 0 saturated carbocycles. The molecule has 6 nitrogen and oxygen atoms in total. The van der Waals surface area contributed by atoms with Crippen molar-refractivity contribution in [1.29, 1.82) is 0 Å². The summed E-state index contributed by atoms with van der Waals surface area (Å²) >= 11 is 0. The molecule has 1 atom stereocenters. The van der Waals surface area contributed by atoms with Crippen molar-refractivity contribution in [3.8, 4) is 0 Å². The Morgan fingerprint density at radius 1 is 1.50 bits per heavy atom. The van der Waals surface area contributed by atoms with Gasteiger partial charge in [0.25, 0.3) is 0 Å².